The quantitative estimate of drug-likeness (QED) is 0.293. The second-order valence-electron chi connectivity index (χ2n) is 6.49. The van der Waals surface area contributed by atoms with Crippen LogP contribution in [-0.2, 0) is 17.6 Å². The fourth-order valence-corrected chi connectivity index (χ4v) is 3.30. The van der Waals surface area contributed by atoms with E-state index < -0.39 is 12.3 Å². The summed E-state index contributed by atoms with van der Waals surface area (Å²) >= 11 is 1.25. The number of unbranched alkanes of at least 4 members (excludes halogenated alkanes) is 1. The van der Waals surface area contributed by atoms with Crippen LogP contribution in [0.5, 0.6) is 5.75 Å². The number of carbonyl (C=O) groups excluding carboxylic acids is 1. The van der Waals surface area contributed by atoms with E-state index in [0.717, 1.165) is 17.8 Å². The van der Waals surface area contributed by atoms with Gasteiger partial charge < -0.3 is 20.8 Å². The second-order valence-corrected chi connectivity index (χ2v) is 7.55. The number of carbonyl (C=O) groups is 1. The van der Waals surface area contributed by atoms with Crippen LogP contribution in [-0.4, -0.2) is 34.0 Å². The Hall–Kier alpha value is -2.86. The number of nitrogens with one attached hydrogen (secondary N) is 1. The van der Waals surface area contributed by atoms with Gasteiger partial charge in [0.15, 0.2) is 0 Å². The molecule has 0 fully saturated rings. The fourth-order valence-electron chi connectivity index (χ4n) is 2.50. The normalized spacial score (nSPS) is 12.0. The van der Waals surface area contributed by atoms with Gasteiger partial charge in [0, 0.05) is 24.9 Å². The number of aromatic nitrogens is 2. The number of nitrogens with zero attached hydrogens (tertiary/aromatic N) is 3. The van der Waals surface area contributed by atoms with Gasteiger partial charge in [0.2, 0.25) is 11.0 Å². The number of anilines is 1. The Labute approximate surface area is 175 Å². The molecule has 1 aromatic carbocycles. The molecule has 12 heteroatoms. The molecule has 1 amide bonds. The molecule has 0 bridgehead atoms. The minimum Gasteiger partial charge on any atom is -0.406 e. The van der Waals surface area contributed by atoms with E-state index in [2.05, 4.69) is 20.3 Å². The average Bonchev–Trinajstić information content (AvgIpc) is 3.04. The van der Waals surface area contributed by atoms with Crippen LogP contribution < -0.4 is 21.6 Å². The standard InChI is InChI=1S/C18H23F3N6O2S/c1-12(22)11-27(23)8-3-2-7-16-25-26-17(30-16)24-15(28)10-13-5-4-6-14(9-13)29-18(19,20)21/h4-6,9,11H,2-3,7-8,10,22-23H2,1H3,(H,24,26,28)/b12-11-. The highest BCUT2D eigenvalue weighted by Gasteiger charge is 2.31. The number of rotatable bonds is 10. The number of alkyl halides is 3. The monoisotopic (exact) mass is 444 g/mol. The highest BCUT2D eigenvalue weighted by atomic mass is 32.1. The Morgan fingerprint density at radius 3 is 2.80 bits per heavy atom. The van der Waals surface area contributed by atoms with Gasteiger partial charge in [0.25, 0.3) is 0 Å². The van der Waals surface area contributed by atoms with Gasteiger partial charge in [-0.05, 0) is 37.5 Å². The number of halogens is 3. The lowest BCUT2D eigenvalue weighted by Crippen LogP contribution is -2.27. The van der Waals surface area contributed by atoms with Crippen molar-refractivity contribution < 1.29 is 22.7 Å². The number of allylic oxidation sites excluding steroid dienone is 1. The SMILES string of the molecule is C/C(N)=C/N(N)CCCCc1nnc(NC(=O)Cc2cccc(OC(F)(F)F)c2)s1. The summed E-state index contributed by atoms with van der Waals surface area (Å²) in [4.78, 5) is 12.1. The zero-order valence-electron chi connectivity index (χ0n) is 16.3. The highest BCUT2D eigenvalue weighted by Crippen LogP contribution is 2.24. The molecule has 2 aromatic rings. The maximum Gasteiger partial charge on any atom is 0.573 e. The van der Waals surface area contributed by atoms with Crippen LogP contribution in [0.4, 0.5) is 18.3 Å². The molecule has 0 saturated carbocycles. The van der Waals surface area contributed by atoms with Crippen molar-refractivity contribution in [2.24, 2.45) is 11.6 Å². The third-order valence-electron chi connectivity index (χ3n) is 3.64. The van der Waals surface area contributed by atoms with E-state index in [9.17, 15) is 18.0 Å². The first-order chi connectivity index (χ1) is 14.1. The summed E-state index contributed by atoms with van der Waals surface area (Å²) in [5.41, 5.74) is 6.56. The summed E-state index contributed by atoms with van der Waals surface area (Å²) in [7, 11) is 0. The van der Waals surface area contributed by atoms with E-state index in [1.54, 1.807) is 13.1 Å². The third kappa shape index (κ3) is 9.09. The molecule has 30 heavy (non-hydrogen) atoms. The van der Waals surface area contributed by atoms with Gasteiger partial charge in [-0.2, -0.15) is 0 Å². The molecule has 164 valence electrons. The molecule has 1 aromatic heterocycles. The largest absolute Gasteiger partial charge is 0.573 e. The molecule has 5 N–H and O–H groups in total. The summed E-state index contributed by atoms with van der Waals surface area (Å²) in [6.45, 7) is 2.40. The maximum atomic E-state index is 12.3. The van der Waals surface area contributed by atoms with Gasteiger partial charge >= 0.3 is 6.36 Å². The predicted molar refractivity (Wildman–Crippen MR) is 107 cm³/mol. The molecule has 0 unspecified atom stereocenters. The lowest BCUT2D eigenvalue weighted by atomic mass is 10.1. The highest BCUT2D eigenvalue weighted by molar-refractivity contribution is 7.15. The minimum atomic E-state index is -4.79. The summed E-state index contributed by atoms with van der Waals surface area (Å²) in [6, 6.07) is 5.26. The molecular formula is C18H23F3N6O2S. The number of hydrogen-bond acceptors (Lipinski definition) is 8. The lowest BCUT2D eigenvalue weighted by Gasteiger charge is -2.13. The van der Waals surface area contributed by atoms with E-state index in [4.69, 9.17) is 11.6 Å². The average molecular weight is 444 g/mol. The smallest absolute Gasteiger partial charge is 0.406 e. The predicted octanol–water partition coefficient (Wildman–Crippen LogP) is 2.94. The van der Waals surface area contributed by atoms with Crippen molar-refractivity contribution in [1.29, 1.82) is 0 Å². The van der Waals surface area contributed by atoms with Crippen molar-refractivity contribution >= 4 is 22.4 Å². The van der Waals surface area contributed by atoms with Crippen LogP contribution in [0.15, 0.2) is 36.2 Å². The van der Waals surface area contributed by atoms with Crippen LogP contribution in [0, 0.1) is 0 Å². The first-order valence-corrected chi connectivity index (χ1v) is 9.84. The summed E-state index contributed by atoms with van der Waals surface area (Å²) in [5, 5.41) is 13.2. The molecule has 0 aliphatic rings. The molecule has 0 atom stereocenters. The van der Waals surface area contributed by atoms with Gasteiger partial charge in [-0.15, -0.1) is 23.4 Å². The van der Waals surface area contributed by atoms with E-state index >= 15 is 0 Å². The van der Waals surface area contributed by atoms with E-state index in [1.165, 1.54) is 40.6 Å². The Bertz CT molecular complexity index is 868. The number of aryl methyl sites for hydroxylation is 1. The first-order valence-electron chi connectivity index (χ1n) is 9.03. The van der Waals surface area contributed by atoms with Crippen LogP contribution in [0.2, 0.25) is 0 Å². The Morgan fingerprint density at radius 1 is 1.33 bits per heavy atom. The number of nitrogens with two attached hydrogens (primary N) is 2. The van der Waals surface area contributed by atoms with Crippen molar-refractivity contribution in [3.63, 3.8) is 0 Å². The minimum absolute atomic E-state index is 0.121. The number of hydrogen-bond donors (Lipinski definition) is 3. The van der Waals surface area contributed by atoms with Gasteiger partial charge in [0.1, 0.15) is 10.8 Å². The zero-order chi connectivity index (χ0) is 22.1. The number of hydrazine groups is 1. The van der Waals surface area contributed by atoms with Gasteiger partial charge in [-0.25, -0.2) is 5.84 Å². The maximum absolute atomic E-state index is 12.3. The van der Waals surface area contributed by atoms with Crippen molar-refractivity contribution in [1.82, 2.24) is 15.2 Å². The molecular weight excluding hydrogens is 421 g/mol. The van der Waals surface area contributed by atoms with Gasteiger partial charge in [-0.1, -0.05) is 23.5 Å². The molecule has 0 spiro atoms. The van der Waals surface area contributed by atoms with Gasteiger partial charge in [0.05, 0.1) is 6.42 Å². The van der Waals surface area contributed by atoms with E-state index in [0.29, 0.717) is 29.4 Å². The molecule has 8 nitrogen and oxygen atoms in total. The van der Waals surface area contributed by atoms with Crippen molar-refractivity contribution in [2.45, 2.75) is 39.0 Å². The Morgan fingerprint density at radius 2 is 2.10 bits per heavy atom. The number of amides is 1. The molecule has 0 saturated heterocycles. The molecule has 0 aliphatic heterocycles. The van der Waals surface area contributed by atoms with Crippen molar-refractivity contribution in [3.8, 4) is 5.75 Å². The van der Waals surface area contributed by atoms with Crippen LogP contribution in [0.1, 0.15) is 30.3 Å². The molecule has 0 radical (unpaired) electrons. The summed E-state index contributed by atoms with van der Waals surface area (Å²) in [5.74, 6) is 4.97. The Balaban J connectivity index is 1.78. The van der Waals surface area contributed by atoms with Crippen LogP contribution >= 0.6 is 11.3 Å². The summed E-state index contributed by atoms with van der Waals surface area (Å²) in [6.07, 6.45) is -0.901. The number of benzene rings is 1. The molecule has 1 heterocycles. The zero-order valence-corrected chi connectivity index (χ0v) is 17.1. The Kier molecular flexibility index (Phi) is 8.42. The second kappa shape index (κ2) is 10.8. The number of ether oxygens (including phenoxy) is 1. The topological polar surface area (TPSA) is 119 Å². The molecule has 0 aliphatic carbocycles. The lowest BCUT2D eigenvalue weighted by molar-refractivity contribution is -0.274. The van der Waals surface area contributed by atoms with Crippen molar-refractivity contribution in [2.75, 3.05) is 11.9 Å². The van der Waals surface area contributed by atoms with Gasteiger partial charge in [-0.3, -0.25) is 4.79 Å². The van der Waals surface area contributed by atoms with E-state index in [1.807, 2.05) is 0 Å². The third-order valence-corrected chi connectivity index (χ3v) is 4.53. The van der Waals surface area contributed by atoms with Crippen molar-refractivity contribution in [3.05, 3.63) is 46.7 Å². The fraction of sp³-hybridized carbons (Fsp3) is 0.389. The van der Waals surface area contributed by atoms with Crippen LogP contribution in [0.3, 0.4) is 0 Å². The molecule has 2 rings (SSSR count). The summed E-state index contributed by atoms with van der Waals surface area (Å²) < 4.78 is 40.7. The first kappa shape index (κ1) is 23.4. The van der Waals surface area contributed by atoms with E-state index in [-0.39, 0.29) is 12.2 Å². The van der Waals surface area contributed by atoms with Crippen LogP contribution in [0.25, 0.3) is 0 Å².